The van der Waals surface area contributed by atoms with Crippen LogP contribution < -0.4 is 0 Å². The first-order chi connectivity index (χ1) is 21.6. The van der Waals surface area contributed by atoms with E-state index in [4.69, 9.17) is 14.2 Å². The molecule has 1 N–H and O–H groups in total. The molecule has 0 saturated heterocycles. The van der Waals surface area contributed by atoms with Crippen molar-refractivity contribution in [3.63, 3.8) is 0 Å². The Morgan fingerprint density at radius 2 is 1.11 bits per heavy atom. The number of hydrogen-bond acceptors (Lipinski definition) is 6. The summed E-state index contributed by atoms with van der Waals surface area (Å²) in [4.78, 5) is 36.6. The summed E-state index contributed by atoms with van der Waals surface area (Å²) in [6, 6.07) is -0.609. The standard InChI is InChI=1S/C37H69NO7/c1-6-8-10-12-14-16-17-18-20-22-24-26-28-36(40)45-33(31-43-30-29-34(37(41)42)38(3,4)5)32-44-35(39)27-25-23-21-19-15-13-11-9-7-2/h14,16,33-34H,6-13,15,17-32H2,1-5H3/p+1/b16-14+. The highest BCUT2D eigenvalue weighted by molar-refractivity contribution is 5.72. The smallest absolute Gasteiger partial charge is 0.362 e. The largest absolute Gasteiger partial charge is 0.477 e. The predicted molar refractivity (Wildman–Crippen MR) is 183 cm³/mol. The maximum atomic E-state index is 12.6. The molecule has 0 heterocycles. The number of carbonyl (C=O) groups excluding carboxylic acids is 2. The van der Waals surface area contributed by atoms with Gasteiger partial charge in [0.15, 0.2) is 12.1 Å². The molecule has 0 aliphatic carbocycles. The lowest BCUT2D eigenvalue weighted by atomic mass is 10.1. The molecule has 0 aliphatic rings. The Bertz CT molecular complexity index is 762. The van der Waals surface area contributed by atoms with Crippen LogP contribution in [-0.2, 0) is 28.6 Å². The SMILES string of the molecule is CCCCC/C=C/CCCCCCCC(=O)OC(COCCC(C(=O)O)[N+](C)(C)C)COC(=O)CCCCCCCCCCC. The van der Waals surface area contributed by atoms with Gasteiger partial charge in [0.05, 0.1) is 34.4 Å². The molecular formula is C37H70NO7+. The summed E-state index contributed by atoms with van der Waals surface area (Å²) < 4.78 is 17.1. The number of rotatable bonds is 32. The Morgan fingerprint density at radius 3 is 1.64 bits per heavy atom. The van der Waals surface area contributed by atoms with Crippen LogP contribution in [0.3, 0.4) is 0 Å². The van der Waals surface area contributed by atoms with Gasteiger partial charge in [-0.25, -0.2) is 4.79 Å². The average molecular weight is 641 g/mol. The van der Waals surface area contributed by atoms with Crippen LogP contribution in [0.4, 0.5) is 0 Å². The number of ether oxygens (including phenoxy) is 3. The lowest BCUT2D eigenvalue weighted by Crippen LogP contribution is -2.50. The second-order valence-corrected chi connectivity index (χ2v) is 13.5. The molecule has 0 aliphatic heterocycles. The van der Waals surface area contributed by atoms with Crippen molar-refractivity contribution in [3.8, 4) is 0 Å². The molecule has 0 fully saturated rings. The fourth-order valence-electron chi connectivity index (χ4n) is 5.26. The van der Waals surface area contributed by atoms with E-state index in [9.17, 15) is 19.5 Å². The van der Waals surface area contributed by atoms with Gasteiger partial charge in [-0.3, -0.25) is 9.59 Å². The molecule has 2 atom stereocenters. The van der Waals surface area contributed by atoms with Gasteiger partial charge in [-0.1, -0.05) is 109 Å². The predicted octanol–water partition coefficient (Wildman–Crippen LogP) is 8.80. The molecule has 0 aromatic rings. The molecule has 8 heteroatoms. The Kier molecular flexibility index (Phi) is 28.2. The highest BCUT2D eigenvalue weighted by Crippen LogP contribution is 2.13. The zero-order chi connectivity index (χ0) is 33.6. The summed E-state index contributed by atoms with van der Waals surface area (Å²) in [5.74, 6) is -1.48. The number of aliphatic carboxylic acids is 1. The molecular weight excluding hydrogens is 570 g/mol. The van der Waals surface area contributed by atoms with Gasteiger partial charge in [0.2, 0.25) is 0 Å². The number of quaternary nitrogens is 1. The Balaban J connectivity index is 4.46. The second kappa shape index (κ2) is 29.5. The van der Waals surface area contributed by atoms with Gasteiger partial charge >= 0.3 is 17.9 Å². The average Bonchev–Trinajstić information content (AvgIpc) is 2.98. The molecule has 264 valence electrons. The molecule has 0 amide bonds. The summed E-state index contributed by atoms with van der Waals surface area (Å²) in [7, 11) is 5.51. The summed E-state index contributed by atoms with van der Waals surface area (Å²) in [6.45, 7) is 4.67. The number of unbranched alkanes of at least 4 members (excludes halogenated alkanes) is 16. The van der Waals surface area contributed by atoms with Crippen LogP contribution in [0, 0.1) is 0 Å². The minimum atomic E-state index is -0.877. The van der Waals surface area contributed by atoms with Crippen molar-refractivity contribution in [3.05, 3.63) is 12.2 Å². The van der Waals surface area contributed by atoms with Crippen LogP contribution in [0.1, 0.15) is 155 Å². The molecule has 0 saturated carbocycles. The van der Waals surface area contributed by atoms with Gasteiger partial charge in [-0.2, -0.15) is 0 Å². The fourth-order valence-corrected chi connectivity index (χ4v) is 5.26. The number of carboxylic acid groups (broad SMARTS) is 1. The Labute approximate surface area is 276 Å². The summed E-state index contributed by atoms with van der Waals surface area (Å²) in [5, 5.41) is 9.55. The summed E-state index contributed by atoms with van der Waals surface area (Å²) in [5.41, 5.74) is 0. The van der Waals surface area contributed by atoms with E-state index in [1.54, 1.807) is 0 Å². The van der Waals surface area contributed by atoms with Crippen LogP contribution in [0.15, 0.2) is 12.2 Å². The van der Waals surface area contributed by atoms with E-state index in [0.29, 0.717) is 19.3 Å². The van der Waals surface area contributed by atoms with Crippen molar-refractivity contribution in [2.45, 2.75) is 167 Å². The molecule has 0 aromatic carbocycles. The van der Waals surface area contributed by atoms with Crippen molar-refractivity contribution in [1.82, 2.24) is 0 Å². The number of nitrogens with zero attached hydrogens (tertiary/aromatic N) is 1. The molecule has 0 radical (unpaired) electrons. The number of carboxylic acids is 1. The van der Waals surface area contributed by atoms with Crippen LogP contribution >= 0.6 is 0 Å². The third kappa shape index (κ3) is 28.1. The van der Waals surface area contributed by atoms with Crippen LogP contribution in [0.25, 0.3) is 0 Å². The van der Waals surface area contributed by atoms with E-state index < -0.39 is 18.1 Å². The number of esters is 2. The fraction of sp³-hybridized carbons (Fsp3) is 0.865. The van der Waals surface area contributed by atoms with E-state index in [2.05, 4.69) is 26.0 Å². The molecule has 0 spiro atoms. The van der Waals surface area contributed by atoms with Crippen molar-refractivity contribution >= 4 is 17.9 Å². The molecule has 0 rings (SSSR count). The third-order valence-electron chi connectivity index (χ3n) is 8.16. The normalized spacial score (nSPS) is 13.2. The van der Waals surface area contributed by atoms with Crippen LogP contribution in [0.2, 0.25) is 0 Å². The minimum Gasteiger partial charge on any atom is -0.477 e. The second-order valence-electron chi connectivity index (χ2n) is 13.5. The van der Waals surface area contributed by atoms with Crippen molar-refractivity contribution in [1.29, 1.82) is 0 Å². The van der Waals surface area contributed by atoms with Crippen molar-refractivity contribution in [2.24, 2.45) is 0 Å². The van der Waals surface area contributed by atoms with Gasteiger partial charge in [-0.15, -0.1) is 0 Å². The lowest BCUT2D eigenvalue weighted by Gasteiger charge is -2.31. The third-order valence-corrected chi connectivity index (χ3v) is 8.16. The number of carbonyl (C=O) groups is 3. The van der Waals surface area contributed by atoms with Crippen LogP contribution in [-0.4, -0.2) is 80.6 Å². The molecule has 0 aromatic heterocycles. The highest BCUT2D eigenvalue weighted by atomic mass is 16.6. The number of allylic oxidation sites excluding steroid dienone is 2. The first-order valence-electron chi connectivity index (χ1n) is 18.2. The summed E-state index contributed by atoms with van der Waals surface area (Å²) >= 11 is 0. The Hall–Kier alpha value is -1.93. The number of likely N-dealkylation sites (N-methyl/N-ethyl adjacent to an activating group) is 1. The van der Waals surface area contributed by atoms with Gasteiger partial charge in [0, 0.05) is 19.3 Å². The van der Waals surface area contributed by atoms with E-state index in [1.165, 1.54) is 70.6 Å². The van der Waals surface area contributed by atoms with Crippen LogP contribution in [0.5, 0.6) is 0 Å². The topological polar surface area (TPSA) is 99.1 Å². The molecule has 8 nitrogen and oxygen atoms in total. The first-order valence-corrected chi connectivity index (χ1v) is 18.2. The molecule has 2 unspecified atom stereocenters. The van der Waals surface area contributed by atoms with Crippen molar-refractivity contribution < 1.29 is 38.2 Å². The monoisotopic (exact) mass is 641 g/mol. The Morgan fingerprint density at radius 1 is 0.644 bits per heavy atom. The number of hydrogen-bond donors (Lipinski definition) is 1. The minimum absolute atomic E-state index is 0.0499. The molecule has 0 bridgehead atoms. The zero-order valence-electron chi connectivity index (χ0n) is 29.8. The summed E-state index contributed by atoms with van der Waals surface area (Å²) in [6.07, 6.45) is 26.8. The van der Waals surface area contributed by atoms with Gasteiger partial charge in [0.1, 0.15) is 6.61 Å². The molecule has 45 heavy (non-hydrogen) atoms. The zero-order valence-corrected chi connectivity index (χ0v) is 29.8. The van der Waals surface area contributed by atoms with E-state index in [-0.39, 0.29) is 36.2 Å². The highest BCUT2D eigenvalue weighted by Gasteiger charge is 2.31. The van der Waals surface area contributed by atoms with E-state index >= 15 is 0 Å². The first kappa shape index (κ1) is 43.1. The van der Waals surface area contributed by atoms with Gasteiger partial charge in [-0.05, 0) is 38.5 Å². The quantitative estimate of drug-likeness (QED) is 0.0339. The van der Waals surface area contributed by atoms with Gasteiger partial charge < -0.3 is 23.8 Å². The van der Waals surface area contributed by atoms with E-state index in [1.807, 2.05) is 21.1 Å². The van der Waals surface area contributed by atoms with Gasteiger partial charge in [0.25, 0.3) is 0 Å². The lowest BCUT2D eigenvalue weighted by molar-refractivity contribution is -0.887. The maximum Gasteiger partial charge on any atom is 0.362 e. The van der Waals surface area contributed by atoms with E-state index in [0.717, 1.165) is 51.4 Å². The maximum absolute atomic E-state index is 12.6. The van der Waals surface area contributed by atoms with Crippen molar-refractivity contribution in [2.75, 3.05) is 41.0 Å².